The molecule has 3 aromatic carbocycles. The molecule has 7 amide bonds. The summed E-state index contributed by atoms with van der Waals surface area (Å²) in [7, 11) is 0. The van der Waals surface area contributed by atoms with Gasteiger partial charge in [0.25, 0.3) is 0 Å². The number of carbonyl (C=O) groups is 7. The number of H-pyrrole nitrogens is 1. The largest absolute Gasteiger partial charge is 0.508 e. The molecule has 0 saturated carbocycles. The Morgan fingerprint density at radius 3 is 1.81 bits per heavy atom. The summed E-state index contributed by atoms with van der Waals surface area (Å²) >= 11 is 8.82. The first-order valence-corrected chi connectivity index (χ1v) is 23.5. The van der Waals surface area contributed by atoms with Crippen LogP contribution >= 0.6 is 25.3 Å². The van der Waals surface area contributed by atoms with E-state index in [0.29, 0.717) is 11.1 Å². The van der Waals surface area contributed by atoms with Crippen LogP contribution in [0, 0.1) is 0 Å². The summed E-state index contributed by atoms with van der Waals surface area (Å²) in [4.78, 5) is 103. The number of hydrogen-bond acceptors (Lipinski definition) is 13. The van der Waals surface area contributed by atoms with Gasteiger partial charge in [-0.1, -0.05) is 60.7 Å². The highest BCUT2D eigenvalue weighted by Crippen LogP contribution is 2.21. The second-order valence-electron chi connectivity index (χ2n) is 17.3. The number of phenols is 1. The normalized spacial score (nSPS) is 14.8. The van der Waals surface area contributed by atoms with E-state index in [1.807, 2.05) is 36.4 Å². The maximum Gasteiger partial charge on any atom is 0.244 e. The third kappa shape index (κ3) is 17.0. The lowest BCUT2D eigenvalue weighted by Gasteiger charge is -2.33. The minimum atomic E-state index is -1.51. The van der Waals surface area contributed by atoms with E-state index in [1.165, 1.54) is 32.9 Å². The maximum absolute atomic E-state index is 14.7. The predicted octanol–water partition coefficient (Wildman–Crippen LogP) is -1.30. The molecule has 0 aliphatic heterocycles. The zero-order chi connectivity index (χ0) is 51.7. The molecule has 0 bridgehead atoms. The molecule has 1 heterocycles. The number of nitrogens with two attached hydrogens (primary N) is 4. The van der Waals surface area contributed by atoms with E-state index in [4.69, 9.17) is 22.9 Å². The van der Waals surface area contributed by atoms with Crippen LogP contribution in [0.1, 0.15) is 50.3 Å². The van der Waals surface area contributed by atoms with E-state index in [2.05, 4.69) is 67.1 Å². The van der Waals surface area contributed by atoms with Gasteiger partial charge in [-0.3, -0.25) is 38.6 Å². The zero-order valence-corrected chi connectivity index (χ0v) is 40.8. The third-order valence-electron chi connectivity index (χ3n) is 11.1. The summed E-state index contributed by atoms with van der Waals surface area (Å²) in [6, 6.07) is 12.7. The van der Waals surface area contributed by atoms with Crippen molar-refractivity contribution in [3.05, 3.63) is 102 Å². The molecule has 0 aliphatic carbocycles. The number of amides is 7. The summed E-state index contributed by atoms with van der Waals surface area (Å²) in [5.41, 5.74) is 25.3. The monoisotopic (exact) mass is 1000 g/mol. The van der Waals surface area contributed by atoms with Crippen LogP contribution in [0.4, 0.5) is 0 Å². The fraction of sp³-hybridized carbons (Fsp3) is 0.404. The van der Waals surface area contributed by atoms with Crippen molar-refractivity contribution in [1.29, 1.82) is 0 Å². The Labute approximate surface area is 416 Å². The molecule has 4 rings (SSSR count). The predicted molar refractivity (Wildman–Crippen MR) is 271 cm³/mol. The molecule has 4 aromatic rings. The van der Waals surface area contributed by atoms with Crippen molar-refractivity contribution in [2.45, 2.75) is 106 Å². The second-order valence-corrected chi connectivity index (χ2v) is 18.8. The van der Waals surface area contributed by atoms with Gasteiger partial charge in [-0.05, 0) is 74.9 Å². The smallest absolute Gasteiger partial charge is 0.244 e. The third-order valence-corrected chi connectivity index (χ3v) is 11.7. The number of benzene rings is 3. The van der Waals surface area contributed by atoms with Crippen LogP contribution in [0.15, 0.2) is 90.1 Å². The average Bonchev–Trinajstić information content (AvgIpc) is 3.71. The lowest BCUT2D eigenvalue weighted by molar-refractivity contribution is -0.136. The van der Waals surface area contributed by atoms with Crippen LogP contribution in [0.25, 0.3) is 10.9 Å². The van der Waals surface area contributed by atoms with Gasteiger partial charge in [0.2, 0.25) is 41.4 Å². The first-order valence-electron chi connectivity index (χ1n) is 22.4. The van der Waals surface area contributed by atoms with Gasteiger partial charge < -0.3 is 70.0 Å². The Morgan fingerprint density at radius 1 is 0.686 bits per heavy atom. The number of aromatic hydroxyl groups is 1. The summed E-state index contributed by atoms with van der Waals surface area (Å²) < 4.78 is -1.29. The number of nitrogens with zero attached hydrogens (tertiary/aromatic N) is 1. The molecule has 21 nitrogen and oxygen atoms in total. The molecule has 70 heavy (non-hydrogen) atoms. The Hall–Kier alpha value is -6.82. The molecule has 0 saturated heterocycles. The Bertz CT molecular complexity index is 2460. The minimum Gasteiger partial charge on any atom is -0.508 e. The highest BCUT2D eigenvalue weighted by molar-refractivity contribution is 7.81. The van der Waals surface area contributed by atoms with Gasteiger partial charge in [-0.2, -0.15) is 25.3 Å². The van der Waals surface area contributed by atoms with Crippen LogP contribution in [-0.2, 0) is 52.8 Å². The molecule has 17 N–H and O–H groups in total. The number of hydrogen-bond donors (Lipinski definition) is 15. The van der Waals surface area contributed by atoms with Gasteiger partial charge in [0.1, 0.15) is 42.0 Å². The van der Waals surface area contributed by atoms with Crippen molar-refractivity contribution < 1.29 is 43.8 Å². The molecular weight excluding hydrogens is 941 g/mol. The molecule has 23 heteroatoms. The number of rotatable bonds is 26. The van der Waals surface area contributed by atoms with E-state index in [-0.39, 0.29) is 56.1 Å². The number of aliphatic imine (C=N–C) groups is 1. The van der Waals surface area contributed by atoms with Crippen molar-refractivity contribution in [2.75, 3.05) is 12.3 Å². The Kier molecular flexibility index (Phi) is 20.9. The fourth-order valence-corrected chi connectivity index (χ4v) is 7.74. The van der Waals surface area contributed by atoms with Crippen LogP contribution in [0.2, 0.25) is 0 Å². The van der Waals surface area contributed by atoms with Crippen molar-refractivity contribution in [2.24, 2.45) is 27.9 Å². The zero-order valence-electron chi connectivity index (χ0n) is 39.1. The molecule has 1 aromatic heterocycles. The first-order chi connectivity index (χ1) is 33.1. The number of nitrogens with one attached hydrogen (secondary N) is 7. The first kappa shape index (κ1) is 55.8. The number of aromatic nitrogens is 1. The number of para-hydroxylation sites is 1. The van der Waals surface area contributed by atoms with Gasteiger partial charge >= 0.3 is 0 Å². The number of thiol groups is 2. The van der Waals surface area contributed by atoms with E-state index in [0.717, 1.165) is 16.5 Å². The highest BCUT2D eigenvalue weighted by atomic mass is 32.1. The average molecular weight is 1010 g/mol. The van der Waals surface area contributed by atoms with Gasteiger partial charge in [-0.25, -0.2) is 0 Å². The molecule has 0 aliphatic rings. The van der Waals surface area contributed by atoms with E-state index in [9.17, 15) is 43.8 Å². The molecular formula is C47H64N12O9S2. The highest BCUT2D eigenvalue weighted by Gasteiger charge is 2.39. The number of fused-ring (bicyclic) bond motifs is 1. The van der Waals surface area contributed by atoms with Crippen molar-refractivity contribution >= 4 is 83.5 Å². The molecule has 378 valence electrons. The Balaban J connectivity index is 1.68. The summed E-state index contributed by atoms with van der Waals surface area (Å²) in [6.45, 7) is 4.32. The number of aliphatic hydroxyl groups excluding tert-OH is 1. The van der Waals surface area contributed by atoms with E-state index >= 15 is 0 Å². The van der Waals surface area contributed by atoms with Gasteiger partial charge in [0.05, 0.1) is 12.1 Å². The van der Waals surface area contributed by atoms with Gasteiger partial charge in [0.15, 0.2) is 5.96 Å². The number of carbonyl (C=O) groups excluding carboxylic acids is 7. The van der Waals surface area contributed by atoms with E-state index in [1.54, 1.807) is 36.5 Å². The molecule has 0 unspecified atom stereocenters. The topological polar surface area (TPSA) is 364 Å². The fourth-order valence-electron chi connectivity index (χ4n) is 7.30. The standard InChI is InChI=1S/C47H64N12O9S2/c1-25(60)37(39(49)62)58-45(68)38(47(2,3)70)59-41(64)33(14-9-19-52-46(50)51)54-43(66)35(22-28-23-53-32-13-8-7-12-30(28)32)56-42(65)34(21-27-15-17-29(61)18-16-27)55-44(67)36(24-69)57-40(63)31(48)20-26-10-5-4-6-11-26/h4-8,10-13,15-18,23,25,31,33-38,53,60-61,69-70H,9,14,19-22,24,48H2,1-3H3,(H2,49,62)(H,54,66)(H,55,67)(H,56,65)(H,57,63)(H,58,68)(H,59,64)(H4,50,51,52)/t25-,31-,33+,34+,35-,36+,37+,38-/m1/s1. The van der Waals surface area contributed by atoms with Gasteiger partial charge in [0, 0.05) is 47.0 Å². The van der Waals surface area contributed by atoms with Crippen LogP contribution in [-0.4, -0.2) is 128 Å². The summed E-state index contributed by atoms with van der Waals surface area (Å²) in [5.74, 6) is -6.37. The van der Waals surface area contributed by atoms with Gasteiger partial charge in [-0.15, -0.1) is 0 Å². The second kappa shape index (κ2) is 26.2. The minimum absolute atomic E-state index is 0.0411. The lowest BCUT2D eigenvalue weighted by Crippen LogP contribution is -2.63. The summed E-state index contributed by atoms with van der Waals surface area (Å²) in [6.07, 6.45) is 0.226. The molecule has 0 spiro atoms. The van der Waals surface area contributed by atoms with Crippen LogP contribution in [0.3, 0.4) is 0 Å². The quantitative estimate of drug-likeness (QED) is 0.0151. The molecule has 8 atom stereocenters. The SMILES string of the molecule is C[C@@H](O)[C@H](NC(=O)[C@@H](NC(=O)[C@H](CCCN=C(N)N)NC(=O)[C@@H](Cc1c[nH]c2ccccc12)NC(=O)[C@H](Cc1ccc(O)cc1)NC(=O)[C@H](CS)NC(=O)[C@H](N)Cc1ccccc1)C(C)(C)S)C(N)=O. The lowest BCUT2D eigenvalue weighted by atomic mass is 9.99. The van der Waals surface area contributed by atoms with E-state index < -0.39 is 94.5 Å². The number of primary amides is 1. The number of aromatic amines is 1. The summed E-state index contributed by atoms with van der Waals surface area (Å²) in [5, 5.41) is 36.6. The van der Waals surface area contributed by atoms with Crippen molar-refractivity contribution in [1.82, 2.24) is 36.9 Å². The number of aliphatic hydroxyl groups is 1. The maximum atomic E-state index is 14.7. The molecule has 0 radical (unpaired) electrons. The Morgan fingerprint density at radius 2 is 1.23 bits per heavy atom. The molecule has 0 fully saturated rings. The van der Waals surface area contributed by atoms with Crippen molar-refractivity contribution in [3.8, 4) is 5.75 Å². The number of phenolic OH excluding ortho intramolecular Hbond substituents is 1. The van der Waals surface area contributed by atoms with Crippen LogP contribution < -0.4 is 54.8 Å². The van der Waals surface area contributed by atoms with Crippen molar-refractivity contribution in [3.63, 3.8) is 0 Å². The number of guanidine groups is 1. The van der Waals surface area contributed by atoms with Crippen LogP contribution in [0.5, 0.6) is 5.75 Å².